The van der Waals surface area contributed by atoms with Gasteiger partial charge in [-0.15, -0.1) is 0 Å². The number of unbranched alkanes of at least 4 members (excludes halogenated alkanes) is 4. The first-order valence-corrected chi connectivity index (χ1v) is 5.48. The number of hydrogen-bond acceptors (Lipinski definition) is 3. The molecule has 0 rings (SSSR count). The van der Waals surface area contributed by atoms with E-state index in [1.54, 1.807) is 0 Å². The van der Waals surface area contributed by atoms with E-state index in [9.17, 15) is 0 Å². The van der Waals surface area contributed by atoms with Crippen LogP contribution in [0.3, 0.4) is 0 Å². The Labute approximate surface area is 91.9 Å². The van der Waals surface area contributed by atoms with Crippen LogP contribution in [0.5, 0.6) is 0 Å². The Morgan fingerprint density at radius 3 is 1.53 bits per heavy atom. The van der Waals surface area contributed by atoms with Gasteiger partial charge in [0.2, 0.25) is 0 Å². The van der Waals surface area contributed by atoms with Crippen LogP contribution in [-0.2, 0) is 0 Å². The first-order valence-electron chi connectivity index (χ1n) is 5.48. The Balaban J connectivity index is 3.45. The van der Waals surface area contributed by atoms with E-state index in [0.29, 0.717) is 12.8 Å². The van der Waals surface area contributed by atoms with Gasteiger partial charge >= 0.3 is 0 Å². The van der Waals surface area contributed by atoms with Crippen molar-refractivity contribution in [1.29, 1.82) is 15.8 Å². The number of nitrogens with zero attached hydrogens (tertiary/aromatic N) is 3. The minimum absolute atomic E-state index is 0.113. The van der Waals surface area contributed by atoms with Crippen LogP contribution in [-0.4, -0.2) is 0 Å². The molecule has 0 radical (unpaired) electrons. The van der Waals surface area contributed by atoms with Crippen LogP contribution in [0.1, 0.15) is 51.4 Å². The molecule has 3 nitrogen and oxygen atoms in total. The fourth-order valence-corrected chi connectivity index (χ4v) is 1.46. The molecule has 0 heterocycles. The third kappa shape index (κ3) is 8.79. The van der Waals surface area contributed by atoms with Crippen LogP contribution in [0.4, 0.5) is 0 Å². The molecule has 0 unspecified atom stereocenters. The number of nitriles is 3. The van der Waals surface area contributed by atoms with Crippen molar-refractivity contribution < 1.29 is 0 Å². The average molecular weight is 203 g/mol. The smallest absolute Gasteiger partial charge is 0.0655 e. The monoisotopic (exact) mass is 203 g/mol. The highest BCUT2D eigenvalue weighted by molar-refractivity contribution is 4.83. The molecule has 0 aromatic heterocycles. The second kappa shape index (κ2) is 10.6. The van der Waals surface area contributed by atoms with E-state index in [4.69, 9.17) is 15.8 Å². The zero-order valence-electron chi connectivity index (χ0n) is 9.08. The van der Waals surface area contributed by atoms with Crippen LogP contribution in [0.15, 0.2) is 0 Å². The van der Waals surface area contributed by atoms with Crippen molar-refractivity contribution in [2.75, 3.05) is 0 Å². The lowest BCUT2D eigenvalue weighted by Gasteiger charge is -2.06. The third-order valence-corrected chi connectivity index (χ3v) is 2.36. The lowest BCUT2D eigenvalue weighted by Crippen LogP contribution is -1.97. The zero-order valence-corrected chi connectivity index (χ0v) is 9.08. The van der Waals surface area contributed by atoms with Gasteiger partial charge in [-0.25, -0.2) is 0 Å². The zero-order chi connectivity index (χ0) is 11.4. The van der Waals surface area contributed by atoms with Gasteiger partial charge in [-0.1, -0.05) is 12.8 Å². The normalized spacial score (nSPS) is 9.20. The van der Waals surface area contributed by atoms with Gasteiger partial charge in [0, 0.05) is 18.8 Å². The van der Waals surface area contributed by atoms with Crippen molar-refractivity contribution in [3.63, 3.8) is 0 Å². The quantitative estimate of drug-likeness (QED) is 0.568. The van der Waals surface area contributed by atoms with Gasteiger partial charge < -0.3 is 0 Å². The highest BCUT2D eigenvalue weighted by Gasteiger charge is 2.06. The predicted molar refractivity (Wildman–Crippen MR) is 57.3 cm³/mol. The molecule has 0 fully saturated rings. The highest BCUT2D eigenvalue weighted by atomic mass is 14.3. The molecule has 0 amide bonds. The molecule has 0 aliphatic rings. The molecule has 0 aromatic carbocycles. The predicted octanol–water partition coefficient (Wildman–Crippen LogP) is 3.29. The summed E-state index contributed by atoms with van der Waals surface area (Å²) in [6.07, 6.45) is 6.68. The summed E-state index contributed by atoms with van der Waals surface area (Å²) in [4.78, 5) is 0. The van der Waals surface area contributed by atoms with Crippen molar-refractivity contribution in [1.82, 2.24) is 0 Å². The molecule has 0 aliphatic heterocycles. The van der Waals surface area contributed by atoms with E-state index in [2.05, 4.69) is 18.2 Å². The SMILES string of the molecule is N#CCCCCC(C#N)CCCCC#N. The first kappa shape index (κ1) is 13.5. The van der Waals surface area contributed by atoms with Crippen LogP contribution in [0.2, 0.25) is 0 Å². The molecule has 3 heteroatoms. The van der Waals surface area contributed by atoms with Crippen molar-refractivity contribution in [2.24, 2.45) is 5.92 Å². The second-order valence-electron chi connectivity index (χ2n) is 3.63. The number of rotatable bonds is 8. The van der Waals surface area contributed by atoms with E-state index in [0.717, 1.165) is 38.5 Å². The fraction of sp³-hybridized carbons (Fsp3) is 0.750. The number of hydrogen-bond donors (Lipinski definition) is 0. The molecule has 0 spiro atoms. The summed E-state index contributed by atoms with van der Waals surface area (Å²) in [5.74, 6) is 0.113. The summed E-state index contributed by atoms with van der Waals surface area (Å²) in [5, 5.41) is 25.5. The van der Waals surface area contributed by atoms with Gasteiger partial charge in [-0.05, 0) is 25.7 Å². The minimum Gasteiger partial charge on any atom is -0.198 e. The van der Waals surface area contributed by atoms with Crippen LogP contribution in [0, 0.1) is 39.9 Å². The van der Waals surface area contributed by atoms with E-state index in [1.165, 1.54) is 0 Å². The Kier molecular flexibility index (Phi) is 9.47. The lowest BCUT2D eigenvalue weighted by molar-refractivity contribution is 0.497. The van der Waals surface area contributed by atoms with E-state index in [1.807, 2.05) is 0 Å². The molecular weight excluding hydrogens is 186 g/mol. The summed E-state index contributed by atoms with van der Waals surface area (Å²) >= 11 is 0. The standard InChI is InChI=1S/C12H17N3/c13-9-5-1-3-7-12(11-15)8-4-2-6-10-14/h12H,1-8H2. The van der Waals surface area contributed by atoms with Crippen molar-refractivity contribution in [2.45, 2.75) is 51.4 Å². The molecule has 0 atom stereocenters. The van der Waals surface area contributed by atoms with Crippen molar-refractivity contribution in [3.8, 4) is 18.2 Å². The van der Waals surface area contributed by atoms with Crippen LogP contribution >= 0.6 is 0 Å². The molecule has 0 N–H and O–H groups in total. The second-order valence-corrected chi connectivity index (χ2v) is 3.63. The Hall–Kier alpha value is -1.53. The van der Waals surface area contributed by atoms with Crippen LogP contribution < -0.4 is 0 Å². The molecule has 0 saturated carbocycles. The van der Waals surface area contributed by atoms with Gasteiger partial charge in [0.25, 0.3) is 0 Å². The van der Waals surface area contributed by atoms with Crippen molar-refractivity contribution in [3.05, 3.63) is 0 Å². The van der Waals surface area contributed by atoms with Gasteiger partial charge in [-0.2, -0.15) is 15.8 Å². The molecular formula is C12H17N3. The topological polar surface area (TPSA) is 71.4 Å². The maximum atomic E-state index is 8.86. The maximum absolute atomic E-state index is 8.86. The van der Waals surface area contributed by atoms with E-state index >= 15 is 0 Å². The largest absolute Gasteiger partial charge is 0.198 e. The highest BCUT2D eigenvalue weighted by Crippen LogP contribution is 2.16. The molecule has 0 bridgehead atoms. The van der Waals surface area contributed by atoms with Gasteiger partial charge in [0.05, 0.1) is 18.2 Å². The third-order valence-electron chi connectivity index (χ3n) is 2.36. The molecule has 80 valence electrons. The lowest BCUT2D eigenvalue weighted by atomic mass is 9.96. The van der Waals surface area contributed by atoms with Gasteiger partial charge in [0.1, 0.15) is 0 Å². The Bertz CT molecular complexity index is 242. The summed E-state index contributed by atoms with van der Waals surface area (Å²) < 4.78 is 0. The fourth-order valence-electron chi connectivity index (χ4n) is 1.46. The first-order chi connectivity index (χ1) is 7.35. The summed E-state index contributed by atoms with van der Waals surface area (Å²) in [6, 6.07) is 6.49. The molecule has 0 aromatic rings. The molecule has 0 saturated heterocycles. The van der Waals surface area contributed by atoms with Gasteiger partial charge in [0.15, 0.2) is 0 Å². The Morgan fingerprint density at radius 1 is 0.733 bits per heavy atom. The minimum atomic E-state index is 0.113. The average Bonchev–Trinajstić information content (AvgIpc) is 2.27. The summed E-state index contributed by atoms with van der Waals surface area (Å²) in [5.41, 5.74) is 0. The summed E-state index contributed by atoms with van der Waals surface area (Å²) in [6.45, 7) is 0. The van der Waals surface area contributed by atoms with Gasteiger partial charge in [-0.3, -0.25) is 0 Å². The Morgan fingerprint density at radius 2 is 1.20 bits per heavy atom. The maximum Gasteiger partial charge on any atom is 0.0655 e. The van der Waals surface area contributed by atoms with E-state index in [-0.39, 0.29) is 5.92 Å². The van der Waals surface area contributed by atoms with Crippen molar-refractivity contribution >= 4 is 0 Å². The van der Waals surface area contributed by atoms with Crippen LogP contribution in [0.25, 0.3) is 0 Å². The van der Waals surface area contributed by atoms with E-state index < -0.39 is 0 Å². The molecule has 0 aliphatic carbocycles. The summed E-state index contributed by atoms with van der Waals surface area (Å²) in [7, 11) is 0. The molecule has 15 heavy (non-hydrogen) atoms.